The van der Waals surface area contributed by atoms with Gasteiger partial charge in [-0.25, -0.2) is 0 Å². The van der Waals surface area contributed by atoms with Crippen molar-refractivity contribution in [3.8, 4) is 0 Å². The first-order valence-corrected chi connectivity index (χ1v) is 9.15. The third-order valence-electron chi connectivity index (χ3n) is 3.71. The fraction of sp³-hybridized carbons (Fsp3) is 0.167. The van der Waals surface area contributed by atoms with Gasteiger partial charge in [0.15, 0.2) is 0 Å². The summed E-state index contributed by atoms with van der Waals surface area (Å²) in [6.07, 6.45) is 6.91. The van der Waals surface area contributed by atoms with Gasteiger partial charge in [0.1, 0.15) is 11.8 Å². The smallest absolute Gasteiger partial charge is 0.313 e. The molecule has 0 saturated carbocycles. The molecule has 2 aromatic heterocycles. The molecule has 0 bridgehead atoms. The second kappa shape index (κ2) is 8.39. The fourth-order valence-corrected chi connectivity index (χ4v) is 2.89. The van der Waals surface area contributed by atoms with Crippen molar-refractivity contribution in [3.63, 3.8) is 0 Å². The van der Waals surface area contributed by atoms with Crippen molar-refractivity contribution < 1.29 is 14.0 Å². The predicted octanol–water partition coefficient (Wildman–Crippen LogP) is 2.54. The zero-order valence-electron chi connectivity index (χ0n) is 14.1. The molecule has 134 valence electrons. The van der Waals surface area contributed by atoms with E-state index >= 15 is 0 Å². The van der Waals surface area contributed by atoms with Gasteiger partial charge in [0, 0.05) is 29.5 Å². The lowest BCUT2D eigenvalue weighted by atomic mass is 10.2. The van der Waals surface area contributed by atoms with Crippen LogP contribution < -0.4 is 10.6 Å². The van der Waals surface area contributed by atoms with Crippen molar-refractivity contribution in [1.82, 2.24) is 15.1 Å². The Bertz CT molecular complexity index is 828. The lowest BCUT2D eigenvalue weighted by Gasteiger charge is -2.16. The van der Waals surface area contributed by atoms with Crippen LogP contribution in [0.25, 0.3) is 0 Å². The number of furan rings is 1. The molecule has 26 heavy (non-hydrogen) atoms. The summed E-state index contributed by atoms with van der Waals surface area (Å²) in [7, 11) is 0. The summed E-state index contributed by atoms with van der Waals surface area (Å²) in [4.78, 5) is 25.3. The van der Waals surface area contributed by atoms with Gasteiger partial charge in [-0.3, -0.25) is 14.3 Å². The number of thioether (sulfide) groups is 1. The molecule has 1 aromatic carbocycles. The SMILES string of the molecule is CSc1cccc(NC(=O)C(=O)NC[C@@H](c2ccco2)n2cccn2)c1. The minimum absolute atomic E-state index is 0.173. The highest BCUT2D eigenvalue weighted by atomic mass is 32.2. The largest absolute Gasteiger partial charge is 0.467 e. The van der Waals surface area contributed by atoms with Gasteiger partial charge in [-0.15, -0.1) is 11.8 Å². The van der Waals surface area contributed by atoms with Crippen LogP contribution in [0, 0.1) is 0 Å². The minimum atomic E-state index is -0.720. The second-order valence-electron chi connectivity index (χ2n) is 5.41. The van der Waals surface area contributed by atoms with Crippen LogP contribution in [0.15, 0.2) is 70.4 Å². The van der Waals surface area contributed by atoms with Crippen molar-refractivity contribution in [3.05, 3.63) is 66.9 Å². The van der Waals surface area contributed by atoms with Crippen molar-refractivity contribution >= 4 is 29.3 Å². The molecule has 0 radical (unpaired) electrons. The number of carbonyl (C=O) groups is 2. The van der Waals surface area contributed by atoms with Crippen LogP contribution >= 0.6 is 11.8 Å². The highest BCUT2D eigenvalue weighted by Crippen LogP contribution is 2.19. The summed E-state index contributed by atoms with van der Waals surface area (Å²) in [5, 5.41) is 9.42. The molecular formula is C18H18N4O3S. The van der Waals surface area contributed by atoms with Crippen LogP contribution in [0.3, 0.4) is 0 Å². The summed E-state index contributed by atoms with van der Waals surface area (Å²) in [5.74, 6) is -0.799. The van der Waals surface area contributed by atoms with E-state index in [0.29, 0.717) is 11.4 Å². The average molecular weight is 370 g/mol. The maximum absolute atomic E-state index is 12.2. The number of aromatic nitrogens is 2. The number of rotatable bonds is 6. The van der Waals surface area contributed by atoms with Gasteiger partial charge < -0.3 is 15.1 Å². The van der Waals surface area contributed by atoms with E-state index in [4.69, 9.17) is 4.42 Å². The molecule has 2 heterocycles. The van der Waals surface area contributed by atoms with Crippen LogP contribution in [0.2, 0.25) is 0 Å². The van der Waals surface area contributed by atoms with E-state index in [9.17, 15) is 9.59 Å². The third-order valence-corrected chi connectivity index (χ3v) is 4.43. The zero-order chi connectivity index (χ0) is 18.4. The number of hydrogen-bond donors (Lipinski definition) is 2. The molecule has 2 amide bonds. The number of amides is 2. The molecule has 0 spiro atoms. The monoisotopic (exact) mass is 370 g/mol. The lowest BCUT2D eigenvalue weighted by molar-refractivity contribution is -0.136. The van der Waals surface area contributed by atoms with Crippen molar-refractivity contribution in [2.75, 3.05) is 18.1 Å². The Labute approximate surface area is 154 Å². The maximum Gasteiger partial charge on any atom is 0.313 e. The Hall–Kier alpha value is -3.00. The summed E-state index contributed by atoms with van der Waals surface area (Å²) in [6.45, 7) is 0.173. The molecular weight excluding hydrogens is 352 g/mol. The molecule has 0 unspecified atom stereocenters. The van der Waals surface area contributed by atoms with Gasteiger partial charge in [-0.05, 0) is 42.7 Å². The van der Waals surface area contributed by atoms with Gasteiger partial charge in [-0.1, -0.05) is 6.07 Å². The van der Waals surface area contributed by atoms with E-state index in [-0.39, 0.29) is 12.6 Å². The number of hydrogen-bond acceptors (Lipinski definition) is 5. The molecule has 1 atom stereocenters. The summed E-state index contributed by atoms with van der Waals surface area (Å²) in [6, 6.07) is 12.3. The Balaban J connectivity index is 1.62. The van der Waals surface area contributed by atoms with E-state index in [1.165, 1.54) is 0 Å². The van der Waals surface area contributed by atoms with Gasteiger partial charge >= 0.3 is 11.8 Å². The minimum Gasteiger partial charge on any atom is -0.467 e. The van der Waals surface area contributed by atoms with Crippen molar-refractivity contribution in [2.24, 2.45) is 0 Å². The Morgan fingerprint density at radius 2 is 2.12 bits per heavy atom. The summed E-state index contributed by atoms with van der Waals surface area (Å²) < 4.78 is 7.08. The normalized spacial score (nSPS) is 11.7. The van der Waals surface area contributed by atoms with Crippen LogP contribution in [0.4, 0.5) is 5.69 Å². The van der Waals surface area contributed by atoms with E-state index in [1.807, 2.05) is 24.5 Å². The quantitative estimate of drug-likeness (QED) is 0.514. The topological polar surface area (TPSA) is 89.2 Å². The molecule has 3 rings (SSSR count). The fourth-order valence-electron chi connectivity index (χ4n) is 2.43. The van der Waals surface area contributed by atoms with E-state index in [0.717, 1.165) is 4.90 Å². The average Bonchev–Trinajstić information content (AvgIpc) is 3.36. The van der Waals surface area contributed by atoms with Crippen LogP contribution in [0.5, 0.6) is 0 Å². The van der Waals surface area contributed by atoms with Gasteiger partial charge in [0.2, 0.25) is 0 Å². The molecule has 8 heteroatoms. The number of nitrogens with zero attached hydrogens (tertiary/aromatic N) is 2. The van der Waals surface area contributed by atoms with Gasteiger partial charge in [0.05, 0.1) is 6.26 Å². The Morgan fingerprint density at radius 1 is 1.23 bits per heavy atom. The molecule has 7 nitrogen and oxygen atoms in total. The molecule has 0 aliphatic carbocycles. The van der Waals surface area contributed by atoms with Crippen LogP contribution in [-0.2, 0) is 9.59 Å². The first-order chi connectivity index (χ1) is 12.7. The Kier molecular flexibility index (Phi) is 5.75. The summed E-state index contributed by atoms with van der Waals surface area (Å²) >= 11 is 1.56. The molecule has 0 saturated heterocycles. The van der Waals surface area contributed by atoms with Crippen LogP contribution in [0.1, 0.15) is 11.8 Å². The third kappa shape index (κ3) is 4.34. The predicted molar refractivity (Wildman–Crippen MR) is 98.9 cm³/mol. The highest BCUT2D eigenvalue weighted by molar-refractivity contribution is 7.98. The first-order valence-electron chi connectivity index (χ1n) is 7.93. The number of benzene rings is 1. The lowest BCUT2D eigenvalue weighted by Crippen LogP contribution is -2.38. The zero-order valence-corrected chi connectivity index (χ0v) is 14.9. The van der Waals surface area contributed by atoms with Gasteiger partial charge in [0.25, 0.3) is 0 Å². The molecule has 3 aromatic rings. The second-order valence-corrected chi connectivity index (χ2v) is 6.29. The first kappa shape index (κ1) is 17.8. The molecule has 0 aliphatic heterocycles. The number of anilines is 1. The molecule has 0 aliphatic rings. The van der Waals surface area contributed by atoms with E-state index < -0.39 is 11.8 Å². The van der Waals surface area contributed by atoms with E-state index in [1.54, 1.807) is 59.4 Å². The number of nitrogens with one attached hydrogen (secondary N) is 2. The highest BCUT2D eigenvalue weighted by Gasteiger charge is 2.20. The number of carbonyl (C=O) groups excluding carboxylic acids is 2. The van der Waals surface area contributed by atoms with E-state index in [2.05, 4.69) is 15.7 Å². The maximum atomic E-state index is 12.2. The standard InChI is InChI=1S/C18H18N4O3S/c1-26-14-6-2-5-13(11-14)21-18(24)17(23)19-12-15(16-7-3-10-25-16)22-9-4-8-20-22/h2-11,15H,12H2,1H3,(H,19,23)(H,21,24)/t15-/m0/s1. The molecule has 0 fully saturated rings. The van der Waals surface area contributed by atoms with Gasteiger partial charge in [-0.2, -0.15) is 5.10 Å². The van der Waals surface area contributed by atoms with Crippen LogP contribution in [-0.4, -0.2) is 34.4 Å². The summed E-state index contributed by atoms with van der Waals surface area (Å²) in [5.41, 5.74) is 0.576. The molecule has 2 N–H and O–H groups in total. The van der Waals surface area contributed by atoms with Crippen molar-refractivity contribution in [1.29, 1.82) is 0 Å². The van der Waals surface area contributed by atoms with Crippen molar-refractivity contribution in [2.45, 2.75) is 10.9 Å². The Morgan fingerprint density at radius 3 is 2.81 bits per heavy atom.